The summed E-state index contributed by atoms with van der Waals surface area (Å²) in [5.41, 5.74) is 0.271. The Morgan fingerprint density at radius 2 is 1.72 bits per heavy atom. The van der Waals surface area contributed by atoms with Crippen molar-refractivity contribution in [3.05, 3.63) is 59.7 Å². The SMILES string of the molecule is O=Cc1ccccc1OCC(=O)OCC(=O)NCC(=O)Nc1ccc(F)c(F)c1. The molecule has 29 heavy (non-hydrogen) atoms. The van der Waals surface area contributed by atoms with E-state index < -0.39 is 49.2 Å². The second kappa shape index (κ2) is 10.5. The van der Waals surface area contributed by atoms with E-state index >= 15 is 0 Å². The van der Waals surface area contributed by atoms with Gasteiger partial charge in [0.05, 0.1) is 12.1 Å². The second-order valence-electron chi connectivity index (χ2n) is 5.56. The Bertz CT molecular complexity index is 919. The molecule has 0 bridgehead atoms. The lowest BCUT2D eigenvalue weighted by Crippen LogP contribution is -2.36. The highest BCUT2D eigenvalue weighted by Gasteiger charge is 2.12. The standard InChI is InChI=1S/C19H16F2N2O6/c20-14-6-5-13(7-15(14)21)23-17(25)8-22-18(26)10-29-19(27)11-28-16-4-2-1-3-12(16)9-24/h1-7,9H,8,10-11H2,(H,22,26)(H,23,25). The fraction of sp³-hybridized carbons (Fsp3) is 0.158. The minimum Gasteiger partial charge on any atom is -0.481 e. The molecule has 2 N–H and O–H groups in total. The van der Waals surface area contributed by atoms with Gasteiger partial charge in [0.25, 0.3) is 5.91 Å². The van der Waals surface area contributed by atoms with Crippen molar-refractivity contribution in [2.24, 2.45) is 0 Å². The minimum absolute atomic E-state index is 0.0160. The van der Waals surface area contributed by atoms with Crippen LogP contribution in [-0.4, -0.2) is 43.8 Å². The van der Waals surface area contributed by atoms with Crippen molar-refractivity contribution < 1.29 is 37.4 Å². The first kappa shape index (κ1) is 21.5. The Kier molecular flexibility index (Phi) is 7.78. The first-order valence-electron chi connectivity index (χ1n) is 8.23. The van der Waals surface area contributed by atoms with Crippen molar-refractivity contribution in [2.45, 2.75) is 0 Å². The van der Waals surface area contributed by atoms with E-state index in [1.165, 1.54) is 12.1 Å². The summed E-state index contributed by atoms with van der Waals surface area (Å²) in [4.78, 5) is 45.7. The van der Waals surface area contributed by atoms with Gasteiger partial charge in [0.2, 0.25) is 5.91 Å². The van der Waals surface area contributed by atoms with Gasteiger partial charge in [0, 0.05) is 11.8 Å². The maximum absolute atomic E-state index is 13.1. The van der Waals surface area contributed by atoms with E-state index in [-0.39, 0.29) is 17.0 Å². The van der Waals surface area contributed by atoms with E-state index in [1.54, 1.807) is 12.1 Å². The molecule has 8 nitrogen and oxygen atoms in total. The third-order valence-electron chi connectivity index (χ3n) is 3.41. The van der Waals surface area contributed by atoms with Gasteiger partial charge < -0.3 is 20.1 Å². The van der Waals surface area contributed by atoms with E-state index in [0.717, 1.165) is 18.2 Å². The molecule has 2 aromatic carbocycles. The molecule has 0 unspecified atom stereocenters. The Morgan fingerprint density at radius 3 is 2.45 bits per heavy atom. The van der Waals surface area contributed by atoms with Crippen LogP contribution in [0.15, 0.2) is 42.5 Å². The van der Waals surface area contributed by atoms with Crippen molar-refractivity contribution >= 4 is 29.8 Å². The molecule has 0 aromatic heterocycles. The monoisotopic (exact) mass is 406 g/mol. The number of ether oxygens (including phenoxy) is 2. The molecule has 2 amide bonds. The molecule has 2 aromatic rings. The molecule has 10 heteroatoms. The van der Waals surface area contributed by atoms with Crippen LogP contribution in [0.5, 0.6) is 5.75 Å². The number of benzene rings is 2. The number of carbonyl (C=O) groups is 4. The Labute approximate surface area is 163 Å². The maximum atomic E-state index is 13.1. The van der Waals surface area contributed by atoms with Crippen molar-refractivity contribution in [1.29, 1.82) is 0 Å². The van der Waals surface area contributed by atoms with Crippen molar-refractivity contribution in [3.63, 3.8) is 0 Å². The highest BCUT2D eigenvalue weighted by atomic mass is 19.2. The smallest absolute Gasteiger partial charge is 0.344 e. The van der Waals surface area contributed by atoms with E-state index in [2.05, 4.69) is 10.6 Å². The van der Waals surface area contributed by atoms with Gasteiger partial charge in [0.15, 0.2) is 31.1 Å². The number of para-hydroxylation sites is 1. The molecule has 0 aliphatic carbocycles. The lowest BCUT2D eigenvalue weighted by atomic mass is 10.2. The number of esters is 1. The molecule has 2 rings (SSSR count). The van der Waals surface area contributed by atoms with Crippen LogP contribution >= 0.6 is 0 Å². The predicted molar refractivity (Wildman–Crippen MR) is 96.3 cm³/mol. The number of anilines is 1. The summed E-state index contributed by atoms with van der Waals surface area (Å²) in [6.07, 6.45) is 0.569. The Hall–Kier alpha value is -3.82. The molecule has 0 radical (unpaired) electrons. The Balaban J connectivity index is 1.68. The van der Waals surface area contributed by atoms with Crippen LogP contribution in [0.2, 0.25) is 0 Å². The van der Waals surface area contributed by atoms with Gasteiger partial charge in [0.1, 0.15) is 5.75 Å². The average Bonchev–Trinajstić information content (AvgIpc) is 2.72. The topological polar surface area (TPSA) is 111 Å². The zero-order valence-electron chi connectivity index (χ0n) is 14.9. The number of nitrogens with one attached hydrogen (secondary N) is 2. The minimum atomic E-state index is -1.13. The molecular formula is C19H16F2N2O6. The third kappa shape index (κ3) is 7.01. The highest BCUT2D eigenvalue weighted by molar-refractivity contribution is 5.94. The van der Waals surface area contributed by atoms with Gasteiger partial charge in [-0.2, -0.15) is 0 Å². The zero-order valence-corrected chi connectivity index (χ0v) is 14.9. The van der Waals surface area contributed by atoms with Gasteiger partial charge in [-0.05, 0) is 24.3 Å². The molecule has 0 spiro atoms. The van der Waals surface area contributed by atoms with Gasteiger partial charge >= 0.3 is 5.97 Å². The molecule has 152 valence electrons. The summed E-state index contributed by atoms with van der Waals surface area (Å²) in [6, 6.07) is 9.04. The maximum Gasteiger partial charge on any atom is 0.344 e. The summed E-state index contributed by atoms with van der Waals surface area (Å²) >= 11 is 0. The molecular weight excluding hydrogens is 390 g/mol. The van der Waals surface area contributed by atoms with Crippen molar-refractivity contribution in [2.75, 3.05) is 25.1 Å². The van der Waals surface area contributed by atoms with E-state index in [4.69, 9.17) is 9.47 Å². The van der Waals surface area contributed by atoms with E-state index in [9.17, 15) is 28.0 Å². The molecule has 0 atom stereocenters. The number of hydrogen-bond acceptors (Lipinski definition) is 6. The summed E-state index contributed by atoms with van der Waals surface area (Å²) in [6.45, 7) is -1.65. The highest BCUT2D eigenvalue weighted by Crippen LogP contribution is 2.15. The number of aldehydes is 1. The van der Waals surface area contributed by atoms with E-state index in [0.29, 0.717) is 6.29 Å². The predicted octanol–water partition coefficient (Wildman–Crippen LogP) is 1.45. The van der Waals surface area contributed by atoms with Gasteiger partial charge in [-0.25, -0.2) is 13.6 Å². The van der Waals surface area contributed by atoms with Crippen LogP contribution in [0.4, 0.5) is 14.5 Å². The van der Waals surface area contributed by atoms with Crippen LogP contribution in [0, 0.1) is 11.6 Å². The first-order valence-corrected chi connectivity index (χ1v) is 8.23. The third-order valence-corrected chi connectivity index (χ3v) is 3.41. The van der Waals surface area contributed by atoms with Crippen LogP contribution in [0.25, 0.3) is 0 Å². The van der Waals surface area contributed by atoms with Crippen LogP contribution in [0.3, 0.4) is 0 Å². The first-order chi connectivity index (χ1) is 13.9. The lowest BCUT2D eigenvalue weighted by molar-refractivity contribution is -0.150. The van der Waals surface area contributed by atoms with Crippen LogP contribution < -0.4 is 15.4 Å². The van der Waals surface area contributed by atoms with Crippen LogP contribution in [-0.2, 0) is 19.1 Å². The average molecular weight is 406 g/mol. The second-order valence-corrected chi connectivity index (χ2v) is 5.56. The largest absolute Gasteiger partial charge is 0.481 e. The molecule has 0 aliphatic rings. The number of halogens is 2. The molecule has 0 fully saturated rings. The fourth-order valence-electron chi connectivity index (χ4n) is 2.04. The number of rotatable bonds is 9. The molecule has 0 saturated carbocycles. The molecule has 0 aliphatic heterocycles. The quantitative estimate of drug-likeness (QED) is 0.482. The zero-order chi connectivity index (χ0) is 21.2. The summed E-state index contributed by atoms with van der Waals surface area (Å²) in [5, 5.41) is 4.46. The number of carbonyl (C=O) groups excluding carboxylic acids is 4. The van der Waals surface area contributed by atoms with Gasteiger partial charge in [-0.3, -0.25) is 14.4 Å². The Morgan fingerprint density at radius 1 is 0.966 bits per heavy atom. The summed E-state index contributed by atoms with van der Waals surface area (Å²) in [5.74, 6) is -4.30. The normalized spacial score (nSPS) is 10.0. The van der Waals surface area contributed by atoms with Crippen molar-refractivity contribution in [1.82, 2.24) is 5.32 Å². The summed E-state index contributed by atoms with van der Waals surface area (Å²) < 4.78 is 35.7. The fourth-order valence-corrected chi connectivity index (χ4v) is 2.04. The van der Waals surface area contributed by atoms with Gasteiger partial charge in [-0.1, -0.05) is 12.1 Å². The molecule has 0 saturated heterocycles. The molecule has 0 heterocycles. The van der Waals surface area contributed by atoms with Crippen molar-refractivity contribution in [3.8, 4) is 5.75 Å². The number of hydrogen-bond donors (Lipinski definition) is 2. The van der Waals surface area contributed by atoms with E-state index in [1.807, 2.05) is 0 Å². The van der Waals surface area contributed by atoms with Gasteiger partial charge in [-0.15, -0.1) is 0 Å². The number of amides is 2. The van der Waals surface area contributed by atoms with Crippen LogP contribution in [0.1, 0.15) is 10.4 Å². The summed E-state index contributed by atoms with van der Waals surface area (Å²) in [7, 11) is 0. The lowest BCUT2D eigenvalue weighted by Gasteiger charge is -2.09.